The maximum Gasteiger partial charge on any atom is 0.245 e. The molecule has 0 aromatic rings. The van der Waals surface area contributed by atoms with E-state index in [1.165, 1.54) is 7.05 Å². The van der Waals surface area contributed by atoms with Crippen LogP contribution in [0.4, 0.5) is 0 Å². The van der Waals surface area contributed by atoms with Gasteiger partial charge >= 0.3 is 0 Å². The van der Waals surface area contributed by atoms with Crippen LogP contribution in [0.5, 0.6) is 0 Å². The summed E-state index contributed by atoms with van der Waals surface area (Å²) in [5.41, 5.74) is 0. The summed E-state index contributed by atoms with van der Waals surface area (Å²) in [4.78, 5) is 21.6. The highest BCUT2D eigenvalue weighted by Gasteiger charge is 2.31. The van der Waals surface area contributed by atoms with Crippen LogP contribution in [0.3, 0.4) is 0 Å². The molecule has 0 saturated carbocycles. The highest BCUT2D eigenvalue weighted by molar-refractivity contribution is 6.66. The second kappa shape index (κ2) is 21.7. The molecule has 0 aliphatic heterocycles. The van der Waals surface area contributed by atoms with Crippen LogP contribution in [0, 0.1) is 0 Å². The quantitative estimate of drug-likeness (QED) is 0.0736. The Morgan fingerprint density at radius 2 is 1.14 bits per heavy atom. The lowest BCUT2D eigenvalue weighted by molar-refractivity contribution is -0.134. The van der Waals surface area contributed by atoms with Crippen LogP contribution >= 0.6 is 11.6 Å². The number of hydrogen-bond donors (Lipinski definition) is 11. The van der Waals surface area contributed by atoms with E-state index < -0.39 is 73.2 Å². The van der Waals surface area contributed by atoms with Gasteiger partial charge in [-0.3, -0.25) is 9.59 Å². The van der Waals surface area contributed by atoms with Crippen molar-refractivity contribution in [2.75, 3.05) is 40.4 Å². The molecular formula is C20H39ClN2O12. The van der Waals surface area contributed by atoms with Gasteiger partial charge in [0.2, 0.25) is 11.1 Å². The number of amides is 1. The molecule has 8 atom stereocenters. The number of aliphatic hydroxyl groups excluding tert-OH is 10. The van der Waals surface area contributed by atoms with E-state index in [9.17, 15) is 30.0 Å². The van der Waals surface area contributed by atoms with Crippen LogP contribution in [0.15, 0.2) is 25.3 Å². The van der Waals surface area contributed by atoms with Gasteiger partial charge in [-0.2, -0.15) is 0 Å². The van der Waals surface area contributed by atoms with Gasteiger partial charge in [0, 0.05) is 20.1 Å². The summed E-state index contributed by atoms with van der Waals surface area (Å²) in [6.45, 7) is 4.78. The third kappa shape index (κ3) is 17.5. The molecule has 0 aromatic carbocycles. The smallest absolute Gasteiger partial charge is 0.245 e. The fourth-order valence-electron chi connectivity index (χ4n) is 2.09. The van der Waals surface area contributed by atoms with Gasteiger partial charge in [-0.15, -0.1) is 0 Å². The molecule has 0 fully saturated rings. The van der Waals surface area contributed by atoms with Crippen molar-refractivity contribution in [2.45, 2.75) is 48.8 Å². The van der Waals surface area contributed by atoms with E-state index in [0.29, 0.717) is 0 Å². The maximum atomic E-state index is 11.1. The maximum absolute atomic E-state index is 11.1. The summed E-state index contributed by atoms with van der Waals surface area (Å²) in [6.07, 6.45) is -9.93. The third-order valence-corrected chi connectivity index (χ3v) is 4.39. The van der Waals surface area contributed by atoms with Gasteiger partial charge in [0.1, 0.15) is 42.7 Å². The molecule has 0 radical (unpaired) electrons. The SMILES string of the molecule is C=CC(=O)Cl.C=CC(=O)N(C)C[C@H](O)[C@@H](O)[C@H](O)[C@H](O)CO.CNC[C@H](O)[C@@H](O)[C@H](O)[C@H](O)CO. The van der Waals surface area contributed by atoms with Crippen molar-refractivity contribution in [3.63, 3.8) is 0 Å². The number of nitrogens with one attached hydrogen (secondary N) is 1. The summed E-state index contributed by atoms with van der Waals surface area (Å²) < 4.78 is 0. The van der Waals surface area contributed by atoms with E-state index in [2.05, 4.69) is 18.5 Å². The first-order valence-electron chi connectivity index (χ1n) is 10.2. The molecule has 15 heteroatoms. The van der Waals surface area contributed by atoms with Crippen molar-refractivity contribution in [2.24, 2.45) is 0 Å². The number of likely N-dealkylation sites (N-methyl/N-ethyl adjacent to an activating group) is 2. The zero-order valence-electron chi connectivity index (χ0n) is 19.6. The summed E-state index contributed by atoms with van der Waals surface area (Å²) in [5.74, 6) is -0.451. The second-order valence-electron chi connectivity index (χ2n) is 7.09. The first-order valence-corrected chi connectivity index (χ1v) is 10.5. The zero-order chi connectivity index (χ0) is 28.3. The van der Waals surface area contributed by atoms with E-state index >= 15 is 0 Å². The highest BCUT2D eigenvalue weighted by atomic mass is 35.5. The molecule has 35 heavy (non-hydrogen) atoms. The topological polar surface area (TPSA) is 252 Å². The summed E-state index contributed by atoms with van der Waals surface area (Å²) >= 11 is 4.71. The average molecular weight is 535 g/mol. The predicted molar refractivity (Wildman–Crippen MR) is 125 cm³/mol. The average Bonchev–Trinajstić information content (AvgIpc) is 2.85. The summed E-state index contributed by atoms with van der Waals surface area (Å²) in [7, 11) is 2.96. The highest BCUT2D eigenvalue weighted by Crippen LogP contribution is 2.06. The number of carbonyl (C=O) groups is 2. The number of hydrogen-bond acceptors (Lipinski definition) is 13. The van der Waals surface area contributed by atoms with Gasteiger partial charge in [0.25, 0.3) is 0 Å². The van der Waals surface area contributed by atoms with Gasteiger partial charge < -0.3 is 61.3 Å². The normalized spacial score (nSPS) is 17.4. The molecule has 0 saturated heterocycles. The minimum absolute atomic E-state index is 0.0936. The largest absolute Gasteiger partial charge is 0.394 e. The number of aliphatic hydroxyl groups is 10. The number of carbonyl (C=O) groups excluding carboxylic acids is 2. The van der Waals surface area contributed by atoms with E-state index in [1.807, 2.05) is 0 Å². The molecule has 0 aliphatic carbocycles. The molecule has 0 heterocycles. The Morgan fingerprint density at radius 3 is 1.43 bits per heavy atom. The van der Waals surface area contributed by atoms with Crippen molar-refractivity contribution < 1.29 is 60.7 Å². The lowest BCUT2D eigenvalue weighted by Gasteiger charge is -2.28. The molecule has 0 spiro atoms. The number of allylic oxidation sites excluding steroid dienone is 1. The van der Waals surface area contributed by atoms with E-state index in [4.69, 9.17) is 42.2 Å². The fraction of sp³-hybridized carbons (Fsp3) is 0.700. The summed E-state index contributed by atoms with van der Waals surface area (Å²) in [5, 5.41) is 92.9. The molecule has 0 aromatic heterocycles. The van der Waals surface area contributed by atoms with Crippen LogP contribution in [-0.2, 0) is 9.59 Å². The van der Waals surface area contributed by atoms with Crippen molar-refractivity contribution in [3.8, 4) is 0 Å². The molecule has 0 aliphatic rings. The van der Waals surface area contributed by atoms with Crippen LogP contribution in [0.1, 0.15) is 0 Å². The molecule has 11 N–H and O–H groups in total. The van der Waals surface area contributed by atoms with Gasteiger partial charge in [0.15, 0.2) is 0 Å². The van der Waals surface area contributed by atoms with Gasteiger partial charge in [-0.25, -0.2) is 0 Å². The molecular weight excluding hydrogens is 496 g/mol. The Hall–Kier alpha value is -1.53. The molecule has 0 bridgehead atoms. The van der Waals surface area contributed by atoms with E-state index in [-0.39, 0.29) is 13.1 Å². The van der Waals surface area contributed by atoms with Gasteiger partial charge in [-0.05, 0) is 30.8 Å². The lowest BCUT2D eigenvalue weighted by atomic mass is 10.0. The Balaban J connectivity index is -0.000000502. The second-order valence-corrected chi connectivity index (χ2v) is 7.46. The van der Waals surface area contributed by atoms with Crippen LogP contribution < -0.4 is 5.32 Å². The zero-order valence-corrected chi connectivity index (χ0v) is 20.4. The van der Waals surface area contributed by atoms with E-state index in [0.717, 1.165) is 17.1 Å². The lowest BCUT2D eigenvalue weighted by Crippen LogP contribution is -2.49. The summed E-state index contributed by atoms with van der Waals surface area (Å²) in [6, 6.07) is 0. The van der Waals surface area contributed by atoms with Gasteiger partial charge in [-0.1, -0.05) is 13.2 Å². The van der Waals surface area contributed by atoms with Crippen molar-refractivity contribution in [1.29, 1.82) is 0 Å². The van der Waals surface area contributed by atoms with E-state index in [1.54, 1.807) is 7.05 Å². The number of rotatable bonds is 14. The fourth-order valence-corrected chi connectivity index (χ4v) is 2.09. The standard InChI is InChI=1S/C10H19NO6.C7H17NO5.C3H3ClO/c1-3-8(15)11(2)4-6(13)9(16)10(17)7(14)5-12;1-8-2-4(10)6(12)7(13)5(11)3-9;1-2-3(4)5/h3,6-7,9-10,12-14,16-17H,1,4-5H2,2H3;4-13H,2-3H2,1H3;2H,1H2/t6-,7+,9+,10+;4-,5+,6+,7+;/m00./s1. The molecule has 1 amide bonds. The number of halogens is 1. The first-order chi connectivity index (χ1) is 16.2. The predicted octanol–water partition coefficient (Wildman–Crippen LogP) is -5.35. The first kappa shape index (κ1) is 38.0. The van der Waals surface area contributed by atoms with Crippen LogP contribution in [-0.4, -0.2) is 156 Å². The Bertz CT molecular complexity index is 600. The van der Waals surface area contributed by atoms with Crippen LogP contribution in [0.2, 0.25) is 0 Å². The Labute approximate surface area is 208 Å². The van der Waals surface area contributed by atoms with Gasteiger partial charge in [0.05, 0.1) is 19.3 Å². The van der Waals surface area contributed by atoms with Crippen LogP contribution in [0.25, 0.3) is 0 Å². The number of nitrogens with zero attached hydrogens (tertiary/aromatic N) is 1. The van der Waals surface area contributed by atoms with Crippen molar-refractivity contribution in [1.82, 2.24) is 10.2 Å². The molecule has 0 unspecified atom stereocenters. The molecule has 0 rings (SSSR count). The minimum atomic E-state index is -1.69. The Kier molecular flexibility index (Phi) is 23.6. The van der Waals surface area contributed by atoms with Crippen molar-refractivity contribution >= 4 is 22.8 Å². The molecule has 14 nitrogen and oxygen atoms in total. The third-order valence-electron chi connectivity index (χ3n) is 4.24. The Morgan fingerprint density at radius 1 is 0.800 bits per heavy atom. The minimum Gasteiger partial charge on any atom is -0.394 e. The molecule has 208 valence electrons. The monoisotopic (exact) mass is 534 g/mol. The van der Waals surface area contributed by atoms with Crippen molar-refractivity contribution in [3.05, 3.63) is 25.3 Å².